The number of nitrogen functional groups attached to an aromatic ring is 1. The molecule has 14 heavy (non-hydrogen) atoms. The molecule has 0 spiro atoms. The van der Waals surface area contributed by atoms with Gasteiger partial charge in [0.1, 0.15) is 0 Å². The lowest BCUT2D eigenvalue weighted by Gasteiger charge is -2.07. The molecule has 1 amide bonds. The topological polar surface area (TPSA) is 80.0 Å². The van der Waals surface area contributed by atoms with Crippen LogP contribution in [0.3, 0.4) is 0 Å². The van der Waals surface area contributed by atoms with Crippen molar-refractivity contribution in [1.82, 2.24) is 10.3 Å². The zero-order valence-corrected chi connectivity index (χ0v) is 9.26. The Hall–Kier alpha value is -1.14. The van der Waals surface area contributed by atoms with Crippen LogP contribution in [0, 0.1) is 0 Å². The van der Waals surface area contributed by atoms with Crippen molar-refractivity contribution < 1.29 is 4.79 Å². The SMILES string of the molecule is CCNC(=O)c1cc(Br)cnc1NN. The Labute approximate surface area is 90.2 Å². The molecular weight excluding hydrogens is 248 g/mol. The van der Waals surface area contributed by atoms with Gasteiger partial charge < -0.3 is 10.7 Å². The van der Waals surface area contributed by atoms with E-state index in [0.29, 0.717) is 17.9 Å². The van der Waals surface area contributed by atoms with Crippen molar-refractivity contribution in [2.75, 3.05) is 12.0 Å². The Morgan fingerprint density at radius 1 is 1.71 bits per heavy atom. The zero-order chi connectivity index (χ0) is 10.6. The molecule has 0 aliphatic carbocycles. The average Bonchev–Trinajstić information content (AvgIpc) is 2.18. The maximum atomic E-state index is 11.5. The van der Waals surface area contributed by atoms with E-state index in [1.54, 1.807) is 12.3 Å². The molecule has 0 fully saturated rings. The number of rotatable bonds is 3. The predicted octanol–water partition coefficient (Wildman–Crippen LogP) is 0.879. The molecule has 1 aromatic rings. The third-order valence-electron chi connectivity index (χ3n) is 1.57. The summed E-state index contributed by atoms with van der Waals surface area (Å²) in [6.45, 7) is 2.41. The molecule has 0 saturated heterocycles. The van der Waals surface area contributed by atoms with E-state index >= 15 is 0 Å². The van der Waals surface area contributed by atoms with Gasteiger partial charge in [0, 0.05) is 17.2 Å². The number of nitrogens with one attached hydrogen (secondary N) is 2. The minimum absolute atomic E-state index is 0.200. The number of aromatic nitrogens is 1. The lowest BCUT2D eigenvalue weighted by molar-refractivity contribution is 0.0956. The number of pyridine rings is 1. The molecule has 1 heterocycles. The Balaban J connectivity index is 3.03. The standard InChI is InChI=1S/C8H11BrN4O/c1-2-11-8(14)6-3-5(9)4-12-7(6)13-10/h3-4H,2,10H2,1H3,(H,11,14)(H,12,13). The van der Waals surface area contributed by atoms with Crippen molar-refractivity contribution >= 4 is 27.7 Å². The van der Waals surface area contributed by atoms with E-state index in [2.05, 4.69) is 31.7 Å². The quantitative estimate of drug-likeness (QED) is 0.556. The van der Waals surface area contributed by atoms with Crippen molar-refractivity contribution in [1.29, 1.82) is 0 Å². The van der Waals surface area contributed by atoms with Crippen LogP contribution < -0.4 is 16.6 Å². The molecule has 0 radical (unpaired) electrons. The van der Waals surface area contributed by atoms with Crippen molar-refractivity contribution in [2.45, 2.75) is 6.92 Å². The van der Waals surface area contributed by atoms with Crippen molar-refractivity contribution in [3.05, 3.63) is 22.3 Å². The Morgan fingerprint density at radius 2 is 2.43 bits per heavy atom. The number of amides is 1. The highest BCUT2D eigenvalue weighted by Crippen LogP contribution is 2.16. The highest BCUT2D eigenvalue weighted by atomic mass is 79.9. The smallest absolute Gasteiger partial charge is 0.255 e. The van der Waals surface area contributed by atoms with E-state index in [4.69, 9.17) is 5.84 Å². The number of hydrogen-bond donors (Lipinski definition) is 3. The summed E-state index contributed by atoms with van der Waals surface area (Å²) < 4.78 is 0.734. The first-order chi connectivity index (χ1) is 6.69. The first-order valence-electron chi connectivity index (χ1n) is 4.09. The summed E-state index contributed by atoms with van der Waals surface area (Å²) in [4.78, 5) is 15.5. The molecular formula is C8H11BrN4O. The number of nitrogens with two attached hydrogens (primary N) is 1. The lowest BCUT2D eigenvalue weighted by atomic mass is 10.2. The molecule has 0 aliphatic rings. The van der Waals surface area contributed by atoms with Crippen LogP contribution >= 0.6 is 15.9 Å². The van der Waals surface area contributed by atoms with Crippen LogP contribution in [0.25, 0.3) is 0 Å². The second-order valence-corrected chi connectivity index (χ2v) is 3.47. The maximum Gasteiger partial charge on any atom is 0.255 e. The van der Waals surface area contributed by atoms with Gasteiger partial charge in [-0.15, -0.1) is 0 Å². The zero-order valence-electron chi connectivity index (χ0n) is 7.67. The van der Waals surface area contributed by atoms with E-state index < -0.39 is 0 Å². The minimum Gasteiger partial charge on any atom is -0.352 e. The molecule has 0 bridgehead atoms. The molecule has 76 valence electrons. The first-order valence-corrected chi connectivity index (χ1v) is 4.88. The molecule has 0 saturated carbocycles. The average molecular weight is 259 g/mol. The summed E-state index contributed by atoms with van der Waals surface area (Å²) in [5, 5.41) is 2.67. The Bertz CT molecular complexity index is 342. The van der Waals surface area contributed by atoms with Crippen molar-refractivity contribution in [3.63, 3.8) is 0 Å². The summed E-state index contributed by atoms with van der Waals surface area (Å²) in [5.41, 5.74) is 2.79. The van der Waals surface area contributed by atoms with Gasteiger partial charge >= 0.3 is 0 Å². The van der Waals surface area contributed by atoms with Gasteiger partial charge in [0.05, 0.1) is 5.56 Å². The van der Waals surface area contributed by atoms with Gasteiger partial charge in [-0.1, -0.05) is 0 Å². The number of carbonyl (C=O) groups is 1. The minimum atomic E-state index is -0.200. The number of hydrogen-bond acceptors (Lipinski definition) is 4. The van der Waals surface area contributed by atoms with Crippen LogP contribution in [0.15, 0.2) is 16.7 Å². The van der Waals surface area contributed by atoms with Crippen LogP contribution in [0.1, 0.15) is 17.3 Å². The van der Waals surface area contributed by atoms with Gasteiger partial charge in [-0.05, 0) is 28.9 Å². The van der Waals surface area contributed by atoms with E-state index in [0.717, 1.165) is 4.47 Å². The summed E-state index contributed by atoms with van der Waals surface area (Å²) in [7, 11) is 0. The maximum absolute atomic E-state index is 11.5. The summed E-state index contributed by atoms with van der Waals surface area (Å²) in [6.07, 6.45) is 1.57. The second kappa shape index (κ2) is 4.92. The Kier molecular flexibility index (Phi) is 3.84. The summed E-state index contributed by atoms with van der Waals surface area (Å²) in [5.74, 6) is 5.39. The molecule has 4 N–H and O–H groups in total. The molecule has 5 nitrogen and oxygen atoms in total. The van der Waals surface area contributed by atoms with Crippen LogP contribution in [0.4, 0.5) is 5.82 Å². The molecule has 0 unspecified atom stereocenters. The predicted molar refractivity (Wildman–Crippen MR) is 57.8 cm³/mol. The molecule has 0 aromatic carbocycles. The Morgan fingerprint density at radius 3 is 3.00 bits per heavy atom. The van der Waals surface area contributed by atoms with Crippen molar-refractivity contribution in [3.8, 4) is 0 Å². The fourth-order valence-corrected chi connectivity index (χ4v) is 1.31. The van der Waals surface area contributed by atoms with Gasteiger partial charge in [-0.3, -0.25) is 4.79 Å². The summed E-state index contributed by atoms with van der Waals surface area (Å²) in [6, 6.07) is 1.66. The van der Waals surface area contributed by atoms with Gasteiger partial charge in [0.15, 0.2) is 5.82 Å². The number of anilines is 1. The van der Waals surface area contributed by atoms with Crippen LogP contribution in [0.5, 0.6) is 0 Å². The van der Waals surface area contributed by atoms with Crippen LogP contribution in [0.2, 0.25) is 0 Å². The molecule has 6 heteroatoms. The number of halogens is 1. The molecule has 0 atom stereocenters. The third-order valence-corrected chi connectivity index (χ3v) is 2.01. The fraction of sp³-hybridized carbons (Fsp3) is 0.250. The van der Waals surface area contributed by atoms with Gasteiger partial charge in [0.25, 0.3) is 5.91 Å². The van der Waals surface area contributed by atoms with Gasteiger partial charge in [-0.25, -0.2) is 10.8 Å². The number of hydrazine groups is 1. The lowest BCUT2D eigenvalue weighted by Crippen LogP contribution is -2.25. The van der Waals surface area contributed by atoms with Gasteiger partial charge in [-0.2, -0.15) is 0 Å². The highest BCUT2D eigenvalue weighted by molar-refractivity contribution is 9.10. The molecule has 1 rings (SSSR count). The van der Waals surface area contributed by atoms with E-state index in [9.17, 15) is 4.79 Å². The normalized spacial score (nSPS) is 9.64. The van der Waals surface area contributed by atoms with E-state index in [1.807, 2.05) is 6.92 Å². The van der Waals surface area contributed by atoms with E-state index in [1.165, 1.54) is 0 Å². The first kappa shape index (κ1) is 10.9. The monoisotopic (exact) mass is 258 g/mol. The molecule has 1 aromatic heterocycles. The van der Waals surface area contributed by atoms with E-state index in [-0.39, 0.29) is 5.91 Å². The second-order valence-electron chi connectivity index (χ2n) is 2.55. The largest absolute Gasteiger partial charge is 0.352 e. The number of carbonyl (C=O) groups excluding carboxylic acids is 1. The summed E-state index contributed by atoms with van der Waals surface area (Å²) >= 11 is 3.23. The van der Waals surface area contributed by atoms with Gasteiger partial charge in [0.2, 0.25) is 0 Å². The number of nitrogens with zero attached hydrogens (tertiary/aromatic N) is 1. The third kappa shape index (κ3) is 2.43. The fourth-order valence-electron chi connectivity index (χ4n) is 0.983. The van der Waals surface area contributed by atoms with Crippen LogP contribution in [-0.4, -0.2) is 17.4 Å². The highest BCUT2D eigenvalue weighted by Gasteiger charge is 2.11. The molecule has 0 aliphatic heterocycles. The van der Waals surface area contributed by atoms with Crippen molar-refractivity contribution in [2.24, 2.45) is 5.84 Å². The van der Waals surface area contributed by atoms with Crippen LogP contribution in [-0.2, 0) is 0 Å².